The quantitative estimate of drug-likeness (QED) is 0.0749. The fourth-order valence-corrected chi connectivity index (χ4v) is 16.1. The normalized spacial score (nSPS) is 12.6. The van der Waals surface area contributed by atoms with Gasteiger partial charge in [-0.3, -0.25) is 0 Å². The molecule has 0 saturated heterocycles. The maximum atomic E-state index is 2.47. The van der Waals surface area contributed by atoms with Gasteiger partial charge in [0, 0.05) is 17.1 Å². The van der Waals surface area contributed by atoms with E-state index in [0.717, 1.165) is 28.2 Å². The molecule has 0 spiro atoms. The van der Waals surface area contributed by atoms with Crippen LogP contribution in [0.25, 0.3) is 132 Å². The van der Waals surface area contributed by atoms with Crippen LogP contribution in [0.4, 0.5) is 17.1 Å². The minimum absolute atomic E-state index is 0.0591. The Morgan fingerprint density at radius 1 is 0.250 bits per heavy atom. The average molecular weight is 1270 g/mol. The molecule has 18 aromatic carbocycles. The molecule has 1 aliphatic carbocycles. The highest BCUT2D eigenvalue weighted by Crippen LogP contribution is 2.57. The summed E-state index contributed by atoms with van der Waals surface area (Å²) in [6.45, 7) is 6.90. The van der Waals surface area contributed by atoms with Crippen molar-refractivity contribution in [3.05, 3.63) is 403 Å². The number of fused-ring (bicyclic) bond motifs is 6. The molecule has 100 heavy (non-hydrogen) atoms. The van der Waals surface area contributed by atoms with Crippen molar-refractivity contribution >= 4 is 115 Å². The van der Waals surface area contributed by atoms with E-state index >= 15 is 0 Å². The smallest absolute Gasteiger partial charge is 0.0714 e. The molecule has 0 N–H and O–H groups in total. The molecule has 0 aliphatic heterocycles. The molecule has 0 atom stereocenters. The Labute approximate surface area is 584 Å². The van der Waals surface area contributed by atoms with Crippen LogP contribution in [0.3, 0.4) is 0 Å². The first-order chi connectivity index (χ1) is 49.2. The second kappa shape index (κ2) is 24.6. The molecule has 1 heteroatoms. The van der Waals surface area contributed by atoms with Crippen molar-refractivity contribution in [3.63, 3.8) is 0 Å². The summed E-state index contributed by atoms with van der Waals surface area (Å²) in [6, 6.07) is 134. The molecule has 1 aliphatic rings. The van der Waals surface area contributed by atoms with Crippen molar-refractivity contribution in [1.29, 1.82) is 0 Å². The van der Waals surface area contributed by atoms with Crippen molar-refractivity contribution < 1.29 is 0 Å². The Balaban J connectivity index is 0.000000162. The average Bonchev–Trinajstić information content (AvgIpc) is 1.52. The van der Waals surface area contributed by atoms with E-state index in [1.807, 2.05) is 0 Å². The number of rotatable bonds is 10. The summed E-state index contributed by atoms with van der Waals surface area (Å²) in [4.78, 5) is 2.36. The van der Waals surface area contributed by atoms with Gasteiger partial charge in [-0.2, -0.15) is 0 Å². The van der Waals surface area contributed by atoms with Gasteiger partial charge in [0.15, 0.2) is 0 Å². The lowest BCUT2D eigenvalue weighted by Crippen LogP contribution is -2.28. The Morgan fingerprint density at radius 3 is 1.17 bits per heavy atom. The molecule has 0 saturated carbocycles. The SMILES string of the molecule is C(=C\c1ccc(N(c2ccc3ccccc3c2)c2ccc3ccccc3c2)cc1)/c1ccc(-c2cc3c4c(ccc5cccc(c54)C3(c3ccccc3)c3ccccc3)c2)cc1.CC(C)(C)c1ccc2c(-c3ccc4ccccc4c3)c3ccccc3c(-c3ccc4ccccc4c3)c2c1. The minimum atomic E-state index is -0.430. The van der Waals surface area contributed by atoms with Gasteiger partial charge < -0.3 is 4.90 Å². The molecule has 0 radical (unpaired) electrons. The maximum absolute atomic E-state index is 2.47. The highest BCUT2D eigenvalue weighted by Gasteiger charge is 2.45. The first-order valence-corrected chi connectivity index (χ1v) is 34.9. The van der Waals surface area contributed by atoms with Crippen LogP contribution in [-0.2, 0) is 10.8 Å². The third-order valence-electron chi connectivity index (χ3n) is 21.0. The predicted molar refractivity (Wildman–Crippen MR) is 430 cm³/mol. The number of hydrogen-bond donors (Lipinski definition) is 0. The van der Waals surface area contributed by atoms with Gasteiger partial charge in [-0.05, 0) is 231 Å². The van der Waals surface area contributed by atoms with Crippen molar-refractivity contribution in [2.75, 3.05) is 4.90 Å². The van der Waals surface area contributed by atoms with Gasteiger partial charge in [0.25, 0.3) is 0 Å². The molecule has 472 valence electrons. The molecule has 0 aromatic heterocycles. The van der Waals surface area contributed by atoms with Gasteiger partial charge in [0.2, 0.25) is 0 Å². The van der Waals surface area contributed by atoms with Crippen LogP contribution in [0.15, 0.2) is 364 Å². The summed E-state index contributed by atoms with van der Waals surface area (Å²) in [5.74, 6) is 0. The number of anilines is 3. The molecule has 0 bridgehead atoms. The lowest BCUT2D eigenvalue weighted by Gasteiger charge is -2.34. The first-order valence-electron chi connectivity index (χ1n) is 34.9. The third-order valence-corrected chi connectivity index (χ3v) is 21.0. The standard InChI is InChI=1S/C61H41N.C38H30/c1-3-17-52(18-4-1)61(53-19-5-2-6-20-53)57-21-11-16-47-30-31-50-38-51(41-58(61)60(50)59(47)57)46-28-24-42(25-29-46)22-23-43-26-34-54(35-27-43)62(55-36-32-44-12-7-9-14-48(44)39-55)56-37-33-45-13-8-10-15-49(45)40-56;1-38(2,3)31-20-21-34-35(24-31)37(30-19-17-26-11-5-7-13-28(26)23-30)33-15-9-8-14-32(33)36(34)29-18-16-25-10-4-6-12-27(25)22-29/h1-41H;4-24H,1-3H3/b23-22+;. The molecule has 0 heterocycles. The largest absolute Gasteiger partial charge is 0.310 e. The van der Waals surface area contributed by atoms with Crippen molar-refractivity contribution in [3.8, 4) is 33.4 Å². The molecule has 18 aromatic rings. The van der Waals surface area contributed by atoms with Crippen LogP contribution in [0.1, 0.15) is 59.7 Å². The van der Waals surface area contributed by atoms with Crippen LogP contribution >= 0.6 is 0 Å². The highest BCUT2D eigenvalue weighted by molar-refractivity contribution is 6.23. The fraction of sp³-hybridized carbons (Fsp3) is 0.0505. The second-order valence-corrected chi connectivity index (χ2v) is 27.9. The van der Waals surface area contributed by atoms with Gasteiger partial charge >= 0.3 is 0 Å². The Hall–Kier alpha value is -12.4. The van der Waals surface area contributed by atoms with E-state index in [9.17, 15) is 0 Å². The van der Waals surface area contributed by atoms with Gasteiger partial charge in [0.1, 0.15) is 0 Å². The van der Waals surface area contributed by atoms with Crippen molar-refractivity contribution in [2.45, 2.75) is 31.6 Å². The summed E-state index contributed by atoms with van der Waals surface area (Å²) >= 11 is 0. The van der Waals surface area contributed by atoms with Crippen LogP contribution in [0.5, 0.6) is 0 Å². The number of hydrogen-bond acceptors (Lipinski definition) is 1. The lowest BCUT2D eigenvalue weighted by atomic mass is 9.67. The van der Waals surface area contributed by atoms with Gasteiger partial charge in [0.05, 0.1) is 5.41 Å². The van der Waals surface area contributed by atoms with E-state index in [2.05, 4.69) is 402 Å². The Bertz CT molecular complexity index is 6110. The zero-order valence-corrected chi connectivity index (χ0v) is 56.2. The monoisotopic (exact) mass is 1270 g/mol. The van der Waals surface area contributed by atoms with E-state index in [4.69, 9.17) is 0 Å². The summed E-state index contributed by atoms with van der Waals surface area (Å²) < 4.78 is 0. The summed E-state index contributed by atoms with van der Waals surface area (Å²) in [6.07, 6.45) is 4.43. The molecular formula is C99H71N. The minimum Gasteiger partial charge on any atom is -0.310 e. The van der Waals surface area contributed by atoms with Crippen LogP contribution in [-0.4, -0.2) is 0 Å². The molecule has 0 amide bonds. The van der Waals surface area contributed by atoms with Crippen LogP contribution in [0.2, 0.25) is 0 Å². The maximum Gasteiger partial charge on any atom is 0.0714 e. The van der Waals surface area contributed by atoms with Crippen molar-refractivity contribution in [2.24, 2.45) is 0 Å². The zero-order chi connectivity index (χ0) is 66.9. The fourth-order valence-electron chi connectivity index (χ4n) is 16.1. The molecule has 0 fully saturated rings. The zero-order valence-electron chi connectivity index (χ0n) is 56.2. The number of benzene rings is 18. The topological polar surface area (TPSA) is 3.24 Å². The van der Waals surface area contributed by atoms with Gasteiger partial charge in [-0.25, -0.2) is 0 Å². The van der Waals surface area contributed by atoms with Gasteiger partial charge in [-0.15, -0.1) is 0 Å². The summed E-state index contributed by atoms with van der Waals surface area (Å²) in [5.41, 5.74) is 19.5. The highest BCUT2D eigenvalue weighted by atomic mass is 15.1. The van der Waals surface area contributed by atoms with Gasteiger partial charge in [-0.1, -0.05) is 330 Å². The molecule has 1 nitrogen and oxygen atoms in total. The van der Waals surface area contributed by atoms with Crippen LogP contribution < -0.4 is 4.90 Å². The molecule has 0 unspecified atom stereocenters. The van der Waals surface area contributed by atoms with E-state index < -0.39 is 5.41 Å². The lowest BCUT2D eigenvalue weighted by molar-refractivity contribution is 0.591. The second-order valence-electron chi connectivity index (χ2n) is 27.9. The summed E-state index contributed by atoms with van der Waals surface area (Å²) in [5, 5.41) is 20.5. The predicted octanol–water partition coefficient (Wildman–Crippen LogP) is 27.2. The van der Waals surface area contributed by atoms with Crippen molar-refractivity contribution in [1.82, 2.24) is 0 Å². The van der Waals surface area contributed by atoms with E-state index in [0.29, 0.717) is 0 Å². The van der Waals surface area contributed by atoms with Crippen LogP contribution in [0, 0.1) is 0 Å². The molecule has 19 rings (SSSR count). The van der Waals surface area contributed by atoms with E-state index in [-0.39, 0.29) is 5.41 Å². The van der Waals surface area contributed by atoms with E-state index in [1.165, 1.54) is 147 Å². The third kappa shape index (κ3) is 10.5. The molecular weight excluding hydrogens is 1200 g/mol. The van der Waals surface area contributed by atoms with E-state index in [1.54, 1.807) is 0 Å². The number of nitrogens with zero attached hydrogens (tertiary/aromatic N) is 1. The summed E-state index contributed by atoms with van der Waals surface area (Å²) in [7, 11) is 0. The first kappa shape index (κ1) is 60.0. The Morgan fingerprint density at radius 2 is 0.640 bits per heavy atom. The Kier molecular flexibility index (Phi) is 14.8.